The number of aliphatic hydroxyl groups is 1. The van der Waals surface area contributed by atoms with Gasteiger partial charge in [0, 0.05) is 19.3 Å². The van der Waals surface area contributed by atoms with Crippen molar-refractivity contribution in [3.8, 4) is 0 Å². The second-order valence-electron chi connectivity index (χ2n) is 4.05. The highest BCUT2D eigenvalue weighted by Crippen LogP contribution is 2.31. The number of alkyl halides is 3. The van der Waals surface area contributed by atoms with Gasteiger partial charge in [0.05, 0.1) is 23.8 Å². The van der Waals surface area contributed by atoms with Crippen molar-refractivity contribution in [2.24, 2.45) is 0 Å². The predicted octanol–water partition coefficient (Wildman–Crippen LogP) is 1.82. The zero-order chi connectivity index (χ0) is 15.3. The quantitative estimate of drug-likeness (QED) is 0.745. The van der Waals surface area contributed by atoms with E-state index in [-0.39, 0.29) is 18.8 Å². The molecule has 1 atom stereocenters. The van der Waals surface area contributed by atoms with E-state index in [4.69, 9.17) is 5.11 Å². The molecule has 20 heavy (non-hydrogen) atoms. The number of ether oxygens (including phenoxy) is 1. The molecule has 1 aromatic rings. The van der Waals surface area contributed by atoms with E-state index in [1.165, 1.54) is 7.11 Å². The molecular weight excluding hydrogens is 279 g/mol. The maximum atomic E-state index is 12.5. The number of nitrogens with one attached hydrogen (secondary N) is 1. The van der Waals surface area contributed by atoms with Gasteiger partial charge in [-0.2, -0.15) is 13.2 Å². The van der Waals surface area contributed by atoms with E-state index >= 15 is 0 Å². The number of methoxy groups -OCH3 is 1. The van der Waals surface area contributed by atoms with Crippen molar-refractivity contribution in [2.45, 2.75) is 12.3 Å². The highest BCUT2D eigenvalue weighted by Gasteiger charge is 2.31. The predicted molar refractivity (Wildman–Crippen MR) is 64.8 cm³/mol. The van der Waals surface area contributed by atoms with Crippen molar-refractivity contribution in [2.75, 3.05) is 25.6 Å². The molecule has 5 nitrogen and oxygen atoms in total. The van der Waals surface area contributed by atoms with Crippen LogP contribution in [0.4, 0.5) is 18.9 Å². The summed E-state index contributed by atoms with van der Waals surface area (Å²) >= 11 is 0. The van der Waals surface area contributed by atoms with Crippen LogP contribution < -0.4 is 5.32 Å². The number of hydrogen-bond acceptors (Lipinski definition) is 4. The van der Waals surface area contributed by atoms with E-state index in [9.17, 15) is 23.1 Å². The van der Waals surface area contributed by atoms with E-state index in [1.54, 1.807) is 0 Å². The van der Waals surface area contributed by atoms with Crippen LogP contribution in [0.3, 0.4) is 0 Å². The first kappa shape index (κ1) is 16.3. The highest BCUT2D eigenvalue weighted by molar-refractivity contribution is 5.94. The monoisotopic (exact) mass is 293 g/mol. The molecule has 0 aliphatic rings. The van der Waals surface area contributed by atoms with E-state index in [0.29, 0.717) is 6.07 Å². The molecule has 112 valence electrons. The number of carbonyl (C=O) groups is 1. The Hall–Kier alpha value is -1.80. The maximum Gasteiger partial charge on any atom is 0.416 e. The van der Waals surface area contributed by atoms with Gasteiger partial charge in [-0.1, -0.05) is 0 Å². The molecule has 1 rings (SSSR count). The minimum absolute atomic E-state index is 0.000605. The lowest BCUT2D eigenvalue weighted by atomic mass is 10.1. The zero-order valence-corrected chi connectivity index (χ0v) is 10.6. The number of carboxylic acid groups (broad SMARTS) is 1. The van der Waals surface area contributed by atoms with Crippen LogP contribution in [0.15, 0.2) is 18.2 Å². The number of halogens is 3. The molecule has 0 spiro atoms. The van der Waals surface area contributed by atoms with E-state index in [0.717, 1.165) is 12.1 Å². The van der Waals surface area contributed by atoms with E-state index in [2.05, 4.69) is 10.1 Å². The maximum absolute atomic E-state index is 12.5. The second-order valence-corrected chi connectivity index (χ2v) is 4.05. The Morgan fingerprint density at radius 2 is 2.10 bits per heavy atom. The topological polar surface area (TPSA) is 78.8 Å². The van der Waals surface area contributed by atoms with Crippen LogP contribution in [0.25, 0.3) is 0 Å². The van der Waals surface area contributed by atoms with Crippen LogP contribution in [0.2, 0.25) is 0 Å². The van der Waals surface area contributed by atoms with Gasteiger partial charge in [0.15, 0.2) is 0 Å². The largest absolute Gasteiger partial charge is 0.478 e. The number of aliphatic hydroxyl groups excluding tert-OH is 1. The van der Waals surface area contributed by atoms with Crippen molar-refractivity contribution in [3.63, 3.8) is 0 Å². The van der Waals surface area contributed by atoms with Crippen molar-refractivity contribution in [1.82, 2.24) is 0 Å². The molecule has 0 saturated heterocycles. The first-order valence-corrected chi connectivity index (χ1v) is 5.61. The molecule has 0 saturated carbocycles. The number of anilines is 1. The molecule has 0 aliphatic carbocycles. The zero-order valence-electron chi connectivity index (χ0n) is 10.6. The average Bonchev–Trinajstić information content (AvgIpc) is 2.35. The Morgan fingerprint density at radius 1 is 1.45 bits per heavy atom. The van der Waals surface area contributed by atoms with Gasteiger partial charge >= 0.3 is 12.1 Å². The van der Waals surface area contributed by atoms with Gasteiger partial charge in [-0.3, -0.25) is 0 Å². The van der Waals surface area contributed by atoms with Crippen molar-refractivity contribution >= 4 is 11.7 Å². The summed E-state index contributed by atoms with van der Waals surface area (Å²) in [6, 6.07) is 2.34. The summed E-state index contributed by atoms with van der Waals surface area (Å²) in [7, 11) is 1.38. The van der Waals surface area contributed by atoms with E-state index < -0.39 is 29.4 Å². The minimum Gasteiger partial charge on any atom is -0.478 e. The van der Waals surface area contributed by atoms with Crippen LogP contribution in [-0.2, 0) is 10.9 Å². The fourth-order valence-electron chi connectivity index (χ4n) is 1.53. The van der Waals surface area contributed by atoms with Gasteiger partial charge in [0.25, 0.3) is 0 Å². The molecule has 3 N–H and O–H groups in total. The number of rotatable bonds is 6. The molecule has 0 fully saturated rings. The van der Waals surface area contributed by atoms with E-state index in [1.807, 2.05) is 0 Å². The third-order valence-electron chi connectivity index (χ3n) is 2.46. The molecule has 8 heteroatoms. The minimum atomic E-state index is -4.61. The van der Waals surface area contributed by atoms with Crippen molar-refractivity contribution in [3.05, 3.63) is 29.3 Å². The second kappa shape index (κ2) is 6.58. The first-order chi connectivity index (χ1) is 9.25. The Morgan fingerprint density at radius 3 is 2.60 bits per heavy atom. The van der Waals surface area contributed by atoms with Crippen LogP contribution in [-0.4, -0.2) is 42.5 Å². The van der Waals surface area contributed by atoms with Gasteiger partial charge in [-0.15, -0.1) is 0 Å². The smallest absolute Gasteiger partial charge is 0.416 e. The molecule has 0 bridgehead atoms. The lowest BCUT2D eigenvalue weighted by Crippen LogP contribution is -2.25. The summed E-state index contributed by atoms with van der Waals surface area (Å²) in [6.45, 7) is -0.0183. The molecular formula is C12H14F3NO4. The molecule has 0 amide bonds. The molecule has 0 radical (unpaired) electrons. The fourth-order valence-corrected chi connectivity index (χ4v) is 1.53. The molecule has 1 aromatic carbocycles. The van der Waals surface area contributed by atoms with Gasteiger partial charge < -0.3 is 20.3 Å². The van der Waals surface area contributed by atoms with Gasteiger partial charge in [-0.05, 0) is 18.2 Å². The number of hydrogen-bond donors (Lipinski definition) is 3. The molecule has 0 heterocycles. The Kier molecular flexibility index (Phi) is 5.34. The standard InChI is InChI=1S/C12H14F3NO4/c1-20-6-8(17)5-16-10-3-2-7(12(13,14)15)4-9(10)11(18)19/h2-4,8,16-17H,5-6H2,1H3,(H,18,19). The van der Waals surface area contributed by atoms with Crippen LogP contribution in [0, 0.1) is 0 Å². The summed E-state index contributed by atoms with van der Waals surface area (Å²) in [6.07, 6.45) is -5.51. The molecule has 0 aromatic heterocycles. The Bertz CT molecular complexity index is 476. The summed E-state index contributed by atoms with van der Waals surface area (Å²) in [5.41, 5.74) is -1.55. The highest BCUT2D eigenvalue weighted by atomic mass is 19.4. The summed E-state index contributed by atoms with van der Waals surface area (Å²) in [5.74, 6) is -1.49. The summed E-state index contributed by atoms with van der Waals surface area (Å²) < 4.78 is 42.2. The molecule has 0 aliphatic heterocycles. The van der Waals surface area contributed by atoms with Crippen LogP contribution in [0.5, 0.6) is 0 Å². The number of aromatic carboxylic acids is 1. The SMILES string of the molecule is COCC(O)CNc1ccc(C(F)(F)F)cc1C(=O)O. The fraction of sp³-hybridized carbons (Fsp3) is 0.417. The van der Waals surface area contributed by atoms with Crippen molar-refractivity contribution in [1.29, 1.82) is 0 Å². The lowest BCUT2D eigenvalue weighted by Gasteiger charge is -2.15. The van der Waals surface area contributed by atoms with Crippen molar-refractivity contribution < 1.29 is 32.9 Å². The van der Waals surface area contributed by atoms with Gasteiger partial charge in [0.2, 0.25) is 0 Å². The van der Waals surface area contributed by atoms with Gasteiger partial charge in [0.1, 0.15) is 0 Å². The third-order valence-corrected chi connectivity index (χ3v) is 2.46. The first-order valence-electron chi connectivity index (χ1n) is 5.61. The molecule has 1 unspecified atom stereocenters. The van der Waals surface area contributed by atoms with Gasteiger partial charge in [-0.25, -0.2) is 4.79 Å². The number of benzene rings is 1. The summed E-state index contributed by atoms with van der Waals surface area (Å²) in [5, 5.41) is 20.9. The lowest BCUT2D eigenvalue weighted by molar-refractivity contribution is -0.137. The Labute approximate surface area is 113 Å². The van der Waals surface area contributed by atoms with Crippen LogP contribution >= 0.6 is 0 Å². The number of carboxylic acids is 1. The third kappa shape index (κ3) is 4.39. The Balaban J connectivity index is 2.94. The average molecular weight is 293 g/mol. The van der Waals surface area contributed by atoms with Crippen LogP contribution in [0.1, 0.15) is 15.9 Å². The summed E-state index contributed by atoms with van der Waals surface area (Å²) in [4.78, 5) is 11.0. The normalized spacial score (nSPS) is 13.1.